The predicted molar refractivity (Wildman–Crippen MR) is 129 cm³/mol. The fourth-order valence-corrected chi connectivity index (χ4v) is 5.20. The molecule has 1 aliphatic heterocycles. The molecule has 5 N–H and O–H groups in total. The Balaban J connectivity index is 1.49. The van der Waals surface area contributed by atoms with Crippen molar-refractivity contribution in [3.63, 3.8) is 0 Å². The fraction of sp³-hybridized carbons (Fsp3) is 0.391. The molecule has 0 amide bonds. The Bertz CT molecular complexity index is 1390. The van der Waals surface area contributed by atoms with E-state index in [1.54, 1.807) is 26.5 Å². The summed E-state index contributed by atoms with van der Waals surface area (Å²) < 4.78 is 20.4. The number of anilines is 3. The smallest absolute Gasteiger partial charge is 0.326 e. The zero-order valence-corrected chi connectivity index (χ0v) is 19.0. The van der Waals surface area contributed by atoms with Crippen molar-refractivity contribution in [2.75, 3.05) is 42.7 Å². The van der Waals surface area contributed by atoms with Gasteiger partial charge in [-0.15, -0.1) is 0 Å². The van der Waals surface area contributed by atoms with Crippen molar-refractivity contribution in [2.24, 2.45) is 11.1 Å². The topological polar surface area (TPSA) is 130 Å². The average Bonchev–Trinajstić information content (AvgIpc) is 3.46. The van der Waals surface area contributed by atoms with Crippen LogP contribution >= 0.6 is 0 Å². The van der Waals surface area contributed by atoms with E-state index in [1.165, 1.54) is 12.1 Å². The van der Waals surface area contributed by atoms with Crippen LogP contribution in [0.1, 0.15) is 19.3 Å². The van der Waals surface area contributed by atoms with Crippen molar-refractivity contribution in [1.82, 2.24) is 24.9 Å². The molecule has 34 heavy (non-hydrogen) atoms. The van der Waals surface area contributed by atoms with Gasteiger partial charge in [-0.05, 0) is 31.4 Å². The Kier molecular flexibility index (Phi) is 4.70. The summed E-state index contributed by atoms with van der Waals surface area (Å²) in [5.74, 6) is 1.29. The number of halogens is 1. The first kappa shape index (κ1) is 20.8. The third-order valence-electron chi connectivity index (χ3n) is 7.24. The largest absolute Gasteiger partial charge is 0.421 e. The summed E-state index contributed by atoms with van der Waals surface area (Å²) in [4.78, 5) is 23.3. The van der Waals surface area contributed by atoms with Crippen LogP contribution in [-0.2, 0) is 0 Å². The second kappa shape index (κ2) is 7.66. The summed E-state index contributed by atoms with van der Waals surface area (Å²) in [6.07, 6.45) is 6.29. The standard InChI is InChI=1S/C23H26FN9O/c1-26-15-8-12(24)7-14-17-19(30-18(14)15)31-22(34-13-9-28-21(27-2)29-10-13)32-20(17)33-6-5-23(11-33)4-3-16(23)25/h7-10,16,26H,3-6,11,25H2,1-2H3,(H,27,28,29)(H,30,31,32)/t16-,23?/m1/s1. The molecule has 1 saturated heterocycles. The van der Waals surface area contributed by atoms with Crippen molar-refractivity contribution in [3.8, 4) is 11.8 Å². The van der Waals surface area contributed by atoms with Crippen LogP contribution < -0.4 is 26.0 Å². The Morgan fingerprint density at radius 3 is 2.65 bits per heavy atom. The van der Waals surface area contributed by atoms with E-state index >= 15 is 0 Å². The number of nitrogens with one attached hydrogen (secondary N) is 3. The highest BCUT2D eigenvalue weighted by Crippen LogP contribution is 2.49. The van der Waals surface area contributed by atoms with E-state index in [9.17, 15) is 4.39 Å². The summed E-state index contributed by atoms with van der Waals surface area (Å²) in [6, 6.07) is 3.35. The minimum Gasteiger partial charge on any atom is -0.421 e. The zero-order chi connectivity index (χ0) is 23.4. The molecule has 4 aromatic rings. The minimum atomic E-state index is -0.329. The van der Waals surface area contributed by atoms with Crippen LogP contribution in [0.4, 0.5) is 21.8 Å². The van der Waals surface area contributed by atoms with Crippen molar-refractivity contribution in [2.45, 2.75) is 25.3 Å². The van der Waals surface area contributed by atoms with E-state index in [-0.39, 0.29) is 23.3 Å². The molecule has 1 aromatic carbocycles. The first-order valence-electron chi connectivity index (χ1n) is 11.4. The van der Waals surface area contributed by atoms with Crippen molar-refractivity contribution in [3.05, 3.63) is 30.3 Å². The van der Waals surface area contributed by atoms with Gasteiger partial charge < -0.3 is 31.0 Å². The van der Waals surface area contributed by atoms with E-state index in [2.05, 4.69) is 35.5 Å². The van der Waals surface area contributed by atoms with Gasteiger partial charge in [-0.25, -0.2) is 14.4 Å². The molecule has 176 valence electrons. The third-order valence-corrected chi connectivity index (χ3v) is 7.24. The Hall–Kier alpha value is -3.73. The molecule has 1 unspecified atom stereocenters. The van der Waals surface area contributed by atoms with E-state index in [1.807, 2.05) is 0 Å². The molecule has 6 rings (SSSR count). The monoisotopic (exact) mass is 463 g/mol. The van der Waals surface area contributed by atoms with Gasteiger partial charge in [-0.1, -0.05) is 0 Å². The zero-order valence-electron chi connectivity index (χ0n) is 19.0. The molecule has 3 aromatic heterocycles. The van der Waals surface area contributed by atoms with E-state index < -0.39 is 0 Å². The van der Waals surface area contributed by atoms with Gasteiger partial charge in [-0.2, -0.15) is 9.97 Å². The molecule has 4 heterocycles. The molecule has 1 saturated carbocycles. The second-order valence-corrected chi connectivity index (χ2v) is 9.08. The van der Waals surface area contributed by atoms with Gasteiger partial charge in [0.05, 0.1) is 29.0 Å². The second-order valence-electron chi connectivity index (χ2n) is 9.08. The molecule has 10 nitrogen and oxygen atoms in total. The Labute approximate surface area is 195 Å². The maximum atomic E-state index is 14.5. The van der Waals surface area contributed by atoms with E-state index in [0.29, 0.717) is 28.9 Å². The molecule has 0 bridgehead atoms. The summed E-state index contributed by atoms with van der Waals surface area (Å²) >= 11 is 0. The summed E-state index contributed by atoms with van der Waals surface area (Å²) in [6.45, 7) is 1.63. The predicted octanol–water partition coefficient (Wildman–Crippen LogP) is 3.23. The van der Waals surface area contributed by atoms with Crippen molar-refractivity contribution < 1.29 is 9.13 Å². The lowest BCUT2D eigenvalue weighted by molar-refractivity contribution is 0.122. The Morgan fingerprint density at radius 2 is 2.00 bits per heavy atom. The van der Waals surface area contributed by atoms with Gasteiger partial charge in [-0.3, -0.25) is 0 Å². The third kappa shape index (κ3) is 3.18. The highest BCUT2D eigenvalue weighted by atomic mass is 19.1. The summed E-state index contributed by atoms with van der Waals surface area (Å²) in [5, 5.41) is 7.43. The lowest BCUT2D eigenvalue weighted by Gasteiger charge is -2.44. The molecule has 1 spiro atoms. The lowest BCUT2D eigenvalue weighted by Crippen LogP contribution is -2.52. The molecule has 2 aliphatic rings. The SMILES string of the molecule is CNc1ncc(Oc2nc(N3CCC4(CC[C@H]4N)C3)c3c(n2)[nH]c2c(NC)cc(F)cc23)cn1. The molecule has 2 fully saturated rings. The first-order valence-corrected chi connectivity index (χ1v) is 11.4. The number of nitrogens with two attached hydrogens (primary N) is 1. The lowest BCUT2D eigenvalue weighted by atomic mass is 9.64. The number of hydrogen-bond donors (Lipinski definition) is 4. The average molecular weight is 464 g/mol. The highest BCUT2D eigenvalue weighted by molar-refractivity contribution is 6.14. The van der Waals surface area contributed by atoms with Crippen LogP contribution in [0.2, 0.25) is 0 Å². The maximum absolute atomic E-state index is 14.5. The van der Waals surface area contributed by atoms with Gasteiger partial charge >= 0.3 is 6.01 Å². The van der Waals surface area contributed by atoms with Gasteiger partial charge in [0.1, 0.15) is 17.3 Å². The van der Waals surface area contributed by atoms with Crippen LogP contribution in [0.25, 0.3) is 21.9 Å². The first-order chi connectivity index (χ1) is 16.5. The molecule has 11 heteroatoms. The normalized spacial score (nSPS) is 21.9. The van der Waals surface area contributed by atoms with Crippen molar-refractivity contribution in [1.29, 1.82) is 0 Å². The van der Waals surface area contributed by atoms with Gasteiger partial charge in [0, 0.05) is 44.0 Å². The van der Waals surface area contributed by atoms with Crippen LogP contribution in [0.15, 0.2) is 24.5 Å². The number of aromatic amines is 1. The van der Waals surface area contributed by atoms with Crippen LogP contribution in [0.3, 0.4) is 0 Å². The van der Waals surface area contributed by atoms with E-state index in [4.69, 9.17) is 15.5 Å². The molecule has 1 aliphatic carbocycles. The van der Waals surface area contributed by atoms with Crippen LogP contribution in [-0.4, -0.2) is 58.1 Å². The Morgan fingerprint density at radius 1 is 1.18 bits per heavy atom. The van der Waals surface area contributed by atoms with Gasteiger partial charge in [0.15, 0.2) is 5.75 Å². The summed E-state index contributed by atoms with van der Waals surface area (Å²) in [7, 11) is 3.51. The number of hydrogen-bond acceptors (Lipinski definition) is 9. The summed E-state index contributed by atoms with van der Waals surface area (Å²) in [5.41, 5.74) is 8.49. The van der Waals surface area contributed by atoms with Crippen molar-refractivity contribution >= 4 is 39.4 Å². The molecular formula is C23H26FN9O. The van der Waals surface area contributed by atoms with Crippen LogP contribution in [0, 0.1) is 11.2 Å². The van der Waals surface area contributed by atoms with E-state index in [0.717, 1.165) is 48.6 Å². The number of ether oxygens (including phenoxy) is 1. The number of H-pyrrole nitrogens is 1. The number of nitrogens with zero attached hydrogens (tertiary/aromatic N) is 5. The van der Waals surface area contributed by atoms with Crippen LogP contribution in [0.5, 0.6) is 11.8 Å². The number of fused-ring (bicyclic) bond motifs is 3. The maximum Gasteiger partial charge on any atom is 0.326 e. The molecular weight excluding hydrogens is 437 g/mol. The molecule has 0 radical (unpaired) electrons. The van der Waals surface area contributed by atoms with Gasteiger partial charge in [0.2, 0.25) is 5.95 Å². The molecule has 2 atom stereocenters. The number of rotatable bonds is 5. The van der Waals surface area contributed by atoms with Gasteiger partial charge in [0.25, 0.3) is 0 Å². The quantitative estimate of drug-likeness (QED) is 0.352. The highest BCUT2D eigenvalue weighted by Gasteiger charge is 2.49. The number of benzene rings is 1. The fourth-order valence-electron chi connectivity index (χ4n) is 5.20. The minimum absolute atomic E-state index is 0.114. The number of aromatic nitrogens is 5.